The molecule has 118 valence electrons. The Morgan fingerprint density at radius 2 is 2.29 bits per heavy atom. The molecule has 21 heavy (non-hydrogen) atoms. The van der Waals surface area contributed by atoms with Crippen molar-refractivity contribution in [3.05, 3.63) is 23.2 Å². The van der Waals surface area contributed by atoms with Gasteiger partial charge in [-0.05, 0) is 39.4 Å². The lowest BCUT2D eigenvalue weighted by molar-refractivity contribution is 0.0919. The molecule has 1 atom stereocenters. The molecule has 0 aliphatic carbocycles. The van der Waals surface area contributed by atoms with Crippen LogP contribution in [0.4, 0.5) is 0 Å². The zero-order valence-corrected chi connectivity index (χ0v) is 13.2. The number of rotatable bonds is 4. The van der Waals surface area contributed by atoms with Gasteiger partial charge in [0.05, 0.1) is 6.54 Å². The van der Waals surface area contributed by atoms with E-state index in [9.17, 15) is 4.79 Å². The third-order valence-electron chi connectivity index (χ3n) is 4.16. The second kappa shape index (κ2) is 7.06. The van der Waals surface area contributed by atoms with E-state index in [4.69, 9.17) is 10.3 Å². The van der Waals surface area contributed by atoms with Gasteiger partial charge in [0.15, 0.2) is 5.76 Å². The lowest BCUT2D eigenvalue weighted by Gasteiger charge is -2.29. The fraction of sp³-hybridized carbons (Fsp3) is 0.667. The highest BCUT2D eigenvalue weighted by Gasteiger charge is 2.24. The Bertz CT molecular complexity index is 486. The smallest absolute Gasteiger partial charge is 0.301 e. The molecule has 2 rings (SSSR count). The van der Waals surface area contributed by atoms with Crippen LogP contribution in [0.1, 0.15) is 41.6 Å². The number of aryl methyl sites for hydroxylation is 1. The lowest BCUT2D eigenvalue weighted by atomic mass is 10.1. The minimum atomic E-state index is -0.374. The van der Waals surface area contributed by atoms with Crippen LogP contribution in [0.2, 0.25) is 0 Å². The van der Waals surface area contributed by atoms with Gasteiger partial charge in [-0.1, -0.05) is 6.92 Å². The summed E-state index contributed by atoms with van der Waals surface area (Å²) in [5.74, 6) is 5.94. The monoisotopic (exact) mass is 294 g/mol. The van der Waals surface area contributed by atoms with E-state index in [0.29, 0.717) is 11.8 Å². The highest BCUT2D eigenvalue weighted by molar-refractivity contribution is 5.92. The first-order valence-corrected chi connectivity index (χ1v) is 7.58. The fourth-order valence-corrected chi connectivity index (χ4v) is 3.01. The number of amides is 1. The predicted molar refractivity (Wildman–Crippen MR) is 81.7 cm³/mol. The molecule has 3 N–H and O–H groups in total. The van der Waals surface area contributed by atoms with Crippen LogP contribution in [0, 0.1) is 6.92 Å². The molecule has 0 aromatic carbocycles. The topological polar surface area (TPSA) is 74.7 Å². The van der Waals surface area contributed by atoms with Gasteiger partial charge < -0.3 is 9.32 Å². The number of hydrazine groups is 1. The molecule has 1 amide bonds. The van der Waals surface area contributed by atoms with E-state index in [2.05, 4.69) is 29.2 Å². The summed E-state index contributed by atoms with van der Waals surface area (Å²) in [5, 5.41) is 0. The molecule has 1 saturated heterocycles. The van der Waals surface area contributed by atoms with Gasteiger partial charge in [-0.3, -0.25) is 15.1 Å². The van der Waals surface area contributed by atoms with Crippen molar-refractivity contribution in [1.82, 2.24) is 15.2 Å². The summed E-state index contributed by atoms with van der Waals surface area (Å²) in [6.07, 6.45) is 2.27. The fourth-order valence-electron chi connectivity index (χ4n) is 3.01. The van der Waals surface area contributed by atoms with E-state index in [0.717, 1.165) is 50.3 Å². The number of likely N-dealkylation sites (N-methyl/N-ethyl adjacent to an activating group) is 1. The van der Waals surface area contributed by atoms with Gasteiger partial charge in [-0.25, -0.2) is 5.84 Å². The molecule has 6 heteroatoms. The van der Waals surface area contributed by atoms with Crippen LogP contribution in [-0.4, -0.2) is 48.4 Å². The van der Waals surface area contributed by atoms with E-state index in [1.165, 1.54) is 0 Å². The maximum absolute atomic E-state index is 11.6. The molecule has 0 saturated carbocycles. The minimum Gasteiger partial charge on any atom is -0.454 e. The Morgan fingerprint density at radius 1 is 1.52 bits per heavy atom. The quantitative estimate of drug-likeness (QED) is 0.494. The van der Waals surface area contributed by atoms with Crippen molar-refractivity contribution in [2.45, 2.75) is 39.3 Å². The Labute approximate surface area is 126 Å². The molecule has 0 radical (unpaired) electrons. The number of nitrogen functional groups attached to an aromatic ring is 1. The van der Waals surface area contributed by atoms with Crippen molar-refractivity contribution in [2.75, 3.05) is 26.7 Å². The number of furan rings is 1. The molecule has 1 aromatic rings. The Morgan fingerprint density at radius 3 is 2.95 bits per heavy atom. The maximum Gasteiger partial charge on any atom is 0.301 e. The summed E-state index contributed by atoms with van der Waals surface area (Å²) in [7, 11) is 2.17. The van der Waals surface area contributed by atoms with Gasteiger partial charge in [0.25, 0.3) is 0 Å². The van der Waals surface area contributed by atoms with Crippen LogP contribution in [-0.2, 0) is 6.54 Å². The number of nitrogens with zero attached hydrogens (tertiary/aromatic N) is 2. The summed E-state index contributed by atoms with van der Waals surface area (Å²) in [6, 6.07) is 2.46. The molecule has 1 unspecified atom stereocenters. The number of nitrogens with two attached hydrogens (primary N) is 1. The summed E-state index contributed by atoms with van der Waals surface area (Å²) >= 11 is 0. The van der Waals surface area contributed by atoms with Crippen molar-refractivity contribution in [2.24, 2.45) is 5.84 Å². The molecule has 0 bridgehead atoms. The molecule has 0 spiro atoms. The Balaban J connectivity index is 2.10. The number of hydrogen-bond acceptors (Lipinski definition) is 5. The third-order valence-corrected chi connectivity index (χ3v) is 4.16. The molecule has 2 heterocycles. The maximum atomic E-state index is 11.6. The van der Waals surface area contributed by atoms with Crippen molar-refractivity contribution in [3.63, 3.8) is 0 Å². The molecule has 6 nitrogen and oxygen atoms in total. The number of hydrogen-bond donors (Lipinski definition) is 2. The van der Waals surface area contributed by atoms with Gasteiger partial charge in [0, 0.05) is 24.7 Å². The lowest BCUT2D eigenvalue weighted by Crippen LogP contribution is -2.39. The molecular weight excluding hydrogens is 268 g/mol. The molecular formula is C15H26N4O2. The second-order valence-corrected chi connectivity index (χ2v) is 5.85. The average molecular weight is 294 g/mol. The zero-order valence-electron chi connectivity index (χ0n) is 13.2. The SMILES string of the molecule is CCC1CN(C)CCCN1Cc1cc(C)c(C(=O)NN)o1. The summed E-state index contributed by atoms with van der Waals surface area (Å²) < 4.78 is 5.68. The van der Waals surface area contributed by atoms with Crippen LogP contribution in [0.5, 0.6) is 0 Å². The Kier molecular flexibility index (Phi) is 5.39. The van der Waals surface area contributed by atoms with Crippen LogP contribution < -0.4 is 11.3 Å². The first-order valence-electron chi connectivity index (χ1n) is 7.58. The van der Waals surface area contributed by atoms with Gasteiger partial charge in [0.2, 0.25) is 0 Å². The van der Waals surface area contributed by atoms with Crippen molar-refractivity contribution in [3.8, 4) is 0 Å². The third kappa shape index (κ3) is 3.84. The van der Waals surface area contributed by atoms with E-state index >= 15 is 0 Å². The van der Waals surface area contributed by atoms with Gasteiger partial charge in [-0.2, -0.15) is 0 Å². The van der Waals surface area contributed by atoms with E-state index in [-0.39, 0.29) is 5.91 Å². The predicted octanol–water partition coefficient (Wildman–Crippen LogP) is 1.11. The highest BCUT2D eigenvalue weighted by Crippen LogP contribution is 2.20. The average Bonchev–Trinajstić information content (AvgIpc) is 2.73. The molecule has 1 aliphatic rings. The van der Waals surface area contributed by atoms with Gasteiger partial charge >= 0.3 is 5.91 Å². The Hall–Kier alpha value is -1.37. The van der Waals surface area contributed by atoms with Gasteiger partial charge in [0.1, 0.15) is 5.76 Å². The van der Waals surface area contributed by atoms with Crippen LogP contribution in [0.3, 0.4) is 0 Å². The largest absolute Gasteiger partial charge is 0.454 e. The molecule has 1 aliphatic heterocycles. The van der Waals surface area contributed by atoms with E-state index < -0.39 is 0 Å². The second-order valence-electron chi connectivity index (χ2n) is 5.85. The normalized spacial score (nSPS) is 21.2. The first-order chi connectivity index (χ1) is 10.0. The van der Waals surface area contributed by atoms with Crippen molar-refractivity contribution in [1.29, 1.82) is 0 Å². The van der Waals surface area contributed by atoms with Crippen molar-refractivity contribution < 1.29 is 9.21 Å². The summed E-state index contributed by atoms with van der Waals surface area (Å²) in [5.41, 5.74) is 2.95. The van der Waals surface area contributed by atoms with Crippen LogP contribution >= 0.6 is 0 Å². The first kappa shape index (κ1) is 16.0. The summed E-state index contributed by atoms with van der Waals surface area (Å²) in [4.78, 5) is 16.4. The zero-order chi connectivity index (χ0) is 15.4. The number of carbonyl (C=O) groups is 1. The summed E-state index contributed by atoms with van der Waals surface area (Å²) in [6.45, 7) is 8.09. The molecule has 1 aromatic heterocycles. The minimum absolute atomic E-state index is 0.312. The number of carbonyl (C=O) groups excluding carboxylic acids is 1. The molecule has 1 fully saturated rings. The standard InChI is InChI=1S/C15H26N4O2/c1-4-12-9-18(3)6-5-7-19(12)10-13-8-11(2)14(21-13)15(20)17-16/h8,12H,4-7,9-10,16H2,1-3H3,(H,17,20). The van der Waals surface area contributed by atoms with Crippen LogP contribution in [0.15, 0.2) is 10.5 Å². The van der Waals surface area contributed by atoms with E-state index in [1.807, 2.05) is 13.0 Å². The van der Waals surface area contributed by atoms with Gasteiger partial charge in [-0.15, -0.1) is 0 Å². The van der Waals surface area contributed by atoms with E-state index in [1.54, 1.807) is 0 Å². The number of nitrogens with one attached hydrogen (secondary N) is 1. The van der Waals surface area contributed by atoms with Crippen molar-refractivity contribution >= 4 is 5.91 Å². The van der Waals surface area contributed by atoms with Crippen LogP contribution in [0.25, 0.3) is 0 Å². The highest BCUT2D eigenvalue weighted by atomic mass is 16.4.